The Hall–Kier alpha value is -2.28. The van der Waals surface area contributed by atoms with Crippen molar-refractivity contribution in [1.29, 1.82) is 0 Å². The number of rotatable bonds is 10. The van der Waals surface area contributed by atoms with Crippen molar-refractivity contribution in [2.24, 2.45) is 22.9 Å². The number of nitrogens with two attached hydrogens (primary N) is 4. The van der Waals surface area contributed by atoms with Crippen molar-refractivity contribution >= 4 is 23.9 Å². The van der Waals surface area contributed by atoms with Gasteiger partial charge in [-0.3, -0.25) is 19.2 Å². The third-order valence-corrected chi connectivity index (χ3v) is 2.40. The molecule has 2 unspecified atom stereocenters. The summed E-state index contributed by atoms with van der Waals surface area (Å²) in [4.78, 5) is 39.4. The summed E-state index contributed by atoms with van der Waals surface area (Å²) in [6, 6.07) is -1.69. The lowest BCUT2D eigenvalue weighted by molar-refractivity contribution is -0.139. The average molecular weight is 368 g/mol. The number of unbranched alkanes of at least 4 members (excludes halogenated alkanes) is 1. The second-order valence-electron chi connectivity index (χ2n) is 4.70. The first kappa shape index (κ1) is 27.6. The van der Waals surface area contributed by atoms with Gasteiger partial charge in [-0.2, -0.15) is 0 Å². The quantitative estimate of drug-likeness (QED) is 0.191. The molecule has 2 atom stereocenters. The van der Waals surface area contributed by atoms with Gasteiger partial charge in [0.05, 0.1) is 0 Å². The van der Waals surface area contributed by atoms with Crippen molar-refractivity contribution in [3.05, 3.63) is 0 Å². The molecule has 0 spiro atoms. The zero-order chi connectivity index (χ0) is 20.4. The molecular weight excluding hydrogens is 340 g/mol. The molecule has 0 fully saturated rings. The van der Waals surface area contributed by atoms with E-state index in [2.05, 4.69) is 0 Å². The Labute approximate surface area is 144 Å². The third-order valence-electron chi connectivity index (χ3n) is 2.40. The maximum atomic E-state index is 9.91. The molecule has 0 saturated heterocycles. The molecule has 12 heteroatoms. The molecule has 0 radical (unpaired) electrons. The van der Waals surface area contributed by atoms with Crippen LogP contribution in [0.2, 0.25) is 0 Å². The summed E-state index contributed by atoms with van der Waals surface area (Å²) in [5.74, 6) is -3.78. The van der Waals surface area contributed by atoms with Gasteiger partial charge >= 0.3 is 23.9 Å². The van der Waals surface area contributed by atoms with Crippen LogP contribution in [0.1, 0.15) is 32.1 Å². The normalized spacial score (nSPS) is 11.7. The first-order valence-electron chi connectivity index (χ1n) is 7.30. The van der Waals surface area contributed by atoms with E-state index in [1.807, 2.05) is 0 Å². The fourth-order valence-electron chi connectivity index (χ4n) is 0.956. The monoisotopic (exact) mass is 368 g/mol. The molecular formula is C13H28N4O8. The summed E-state index contributed by atoms with van der Waals surface area (Å²) in [5.41, 5.74) is 19.8. The Balaban J connectivity index is -0.000000296. The van der Waals surface area contributed by atoms with Crippen molar-refractivity contribution in [3.8, 4) is 0 Å². The molecule has 0 bridgehead atoms. The second-order valence-corrected chi connectivity index (χ2v) is 4.70. The van der Waals surface area contributed by atoms with Gasteiger partial charge in [-0.15, -0.1) is 0 Å². The lowest BCUT2D eigenvalue weighted by Gasteiger charge is -2.00. The van der Waals surface area contributed by atoms with Gasteiger partial charge in [-0.05, 0) is 25.8 Å². The Kier molecular flexibility index (Phi) is 19.9. The number of carboxylic acids is 4. The molecule has 0 saturated carbocycles. The lowest BCUT2D eigenvalue weighted by Crippen LogP contribution is -2.37. The fourth-order valence-corrected chi connectivity index (χ4v) is 0.956. The van der Waals surface area contributed by atoms with Gasteiger partial charge in [0.1, 0.15) is 12.1 Å². The minimum absolute atomic E-state index is 0.00463. The van der Waals surface area contributed by atoms with Crippen LogP contribution < -0.4 is 22.9 Å². The molecule has 0 aromatic rings. The van der Waals surface area contributed by atoms with Gasteiger partial charge in [0, 0.05) is 19.4 Å². The van der Waals surface area contributed by atoms with Gasteiger partial charge in [0.2, 0.25) is 0 Å². The van der Waals surface area contributed by atoms with E-state index in [0.717, 1.165) is 0 Å². The Morgan fingerprint density at radius 2 is 1.08 bits per heavy atom. The zero-order valence-electron chi connectivity index (χ0n) is 13.8. The zero-order valence-corrected chi connectivity index (χ0v) is 13.8. The van der Waals surface area contributed by atoms with Crippen LogP contribution in [0.15, 0.2) is 0 Å². The van der Waals surface area contributed by atoms with E-state index in [0.29, 0.717) is 25.8 Å². The van der Waals surface area contributed by atoms with Crippen molar-refractivity contribution in [1.82, 2.24) is 0 Å². The molecule has 0 rings (SSSR count). The van der Waals surface area contributed by atoms with Crippen LogP contribution in [0, 0.1) is 0 Å². The highest BCUT2D eigenvalue weighted by atomic mass is 16.4. The minimum Gasteiger partial charge on any atom is -0.481 e. The first-order chi connectivity index (χ1) is 11.5. The number of carbonyl (C=O) groups is 4. The Morgan fingerprint density at radius 3 is 1.20 bits per heavy atom. The Bertz CT molecular complexity index is 389. The molecule has 0 aliphatic heterocycles. The predicted octanol–water partition coefficient (Wildman–Crippen LogP) is -2.18. The summed E-state index contributed by atoms with van der Waals surface area (Å²) in [5, 5.41) is 32.4. The average Bonchev–Trinajstić information content (AvgIpc) is 2.51. The molecule has 0 amide bonds. The van der Waals surface area contributed by atoms with Gasteiger partial charge in [0.15, 0.2) is 0 Å². The summed E-state index contributed by atoms with van der Waals surface area (Å²) in [6.45, 7) is 0.322. The highest BCUT2D eigenvalue weighted by Crippen LogP contribution is 1.98. The standard InChI is InChI=1S/C6H10O4.C4H10N2O2.C3H8N2O2/c7-5(8)3-1-2-4-6(9)10;5-2-1-3(6)4(7)8;4-1-2(5)3(6)7/h1-4H2,(H,7,8)(H,9,10);3H,1-2,5-6H2,(H,7,8);2H,1,4-5H2,(H,6,7). The van der Waals surface area contributed by atoms with Crippen molar-refractivity contribution in [2.75, 3.05) is 13.1 Å². The topological polar surface area (TPSA) is 253 Å². The van der Waals surface area contributed by atoms with Gasteiger partial charge in [-0.1, -0.05) is 0 Å². The van der Waals surface area contributed by atoms with Crippen LogP contribution in [0.5, 0.6) is 0 Å². The third kappa shape index (κ3) is 26.9. The molecule has 148 valence electrons. The lowest BCUT2D eigenvalue weighted by atomic mass is 10.2. The molecule has 0 aromatic carbocycles. The van der Waals surface area contributed by atoms with Crippen molar-refractivity contribution in [3.63, 3.8) is 0 Å². The summed E-state index contributed by atoms with van der Waals surface area (Å²) >= 11 is 0. The molecule has 25 heavy (non-hydrogen) atoms. The van der Waals surface area contributed by atoms with Crippen LogP contribution in [-0.4, -0.2) is 69.5 Å². The molecule has 0 aromatic heterocycles. The molecule has 12 N–H and O–H groups in total. The van der Waals surface area contributed by atoms with E-state index in [-0.39, 0.29) is 19.4 Å². The van der Waals surface area contributed by atoms with Crippen LogP contribution >= 0.6 is 0 Å². The van der Waals surface area contributed by atoms with Crippen LogP contribution in [-0.2, 0) is 19.2 Å². The van der Waals surface area contributed by atoms with Crippen molar-refractivity contribution < 1.29 is 39.6 Å². The fraction of sp³-hybridized carbons (Fsp3) is 0.692. The molecule has 0 aliphatic carbocycles. The number of carboxylic acid groups (broad SMARTS) is 4. The SMILES string of the molecule is NCC(N)C(=O)O.NCCC(N)C(=O)O.O=C(O)CCCCC(=O)O. The smallest absolute Gasteiger partial charge is 0.321 e. The first-order valence-corrected chi connectivity index (χ1v) is 7.30. The highest BCUT2D eigenvalue weighted by molar-refractivity contribution is 5.73. The van der Waals surface area contributed by atoms with E-state index >= 15 is 0 Å². The number of aliphatic carboxylic acids is 4. The van der Waals surface area contributed by atoms with E-state index in [9.17, 15) is 19.2 Å². The largest absolute Gasteiger partial charge is 0.481 e. The van der Waals surface area contributed by atoms with Crippen LogP contribution in [0.3, 0.4) is 0 Å². The van der Waals surface area contributed by atoms with E-state index < -0.39 is 36.0 Å². The second kappa shape index (κ2) is 18.1. The minimum atomic E-state index is -1.05. The van der Waals surface area contributed by atoms with Gasteiger partial charge in [-0.25, -0.2) is 0 Å². The maximum Gasteiger partial charge on any atom is 0.321 e. The van der Waals surface area contributed by atoms with Gasteiger partial charge in [0.25, 0.3) is 0 Å². The molecule has 0 heterocycles. The van der Waals surface area contributed by atoms with Gasteiger partial charge < -0.3 is 43.4 Å². The molecule has 0 aliphatic rings. The van der Waals surface area contributed by atoms with Crippen LogP contribution in [0.4, 0.5) is 0 Å². The highest BCUT2D eigenvalue weighted by Gasteiger charge is 2.08. The number of hydrogen-bond donors (Lipinski definition) is 8. The Morgan fingerprint density at radius 1 is 0.720 bits per heavy atom. The van der Waals surface area contributed by atoms with E-state index in [1.54, 1.807) is 0 Å². The molecule has 12 nitrogen and oxygen atoms in total. The van der Waals surface area contributed by atoms with E-state index in [1.165, 1.54) is 0 Å². The summed E-state index contributed by atoms with van der Waals surface area (Å²) in [6.07, 6.45) is 1.36. The van der Waals surface area contributed by atoms with Crippen molar-refractivity contribution in [2.45, 2.75) is 44.2 Å². The number of hydrogen-bond acceptors (Lipinski definition) is 8. The predicted molar refractivity (Wildman–Crippen MR) is 87.7 cm³/mol. The summed E-state index contributed by atoms with van der Waals surface area (Å²) in [7, 11) is 0. The maximum absolute atomic E-state index is 9.91. The van der Waals surface area contributed by atoms with E-state index in [4.69, 9.17) is 43.4 Å². The summed E-state index contributed by atoms with van der Waals surface area (Å²) < 4.78 is 0. The van der Waals surface area contributed by atoms with Crippen LogP contribution in [0.25, 0.3) is 0 Å².